The van der Waals surface area contributed by atoms with Crippen molar-refractivity contribution >= 4 is 58.3 Å². The SMILES string of the molecule is CCCCCCCCCCCCCCCc1cccc(OCC(=O)NC2=NN(c3c(Cl)cc(Cl)cc3OC)C(=O)C2Sc2nnnn2-c2ccccc2)c1. The molecular formula is C40H49Cl2N7O4S. The Morgan fingerprint density at radius 2 is 1.56 bits per heavy atom. The second-order valence-corrected chi connectivity index (χ2v) is 15.2. The first-order valence-electron chi connectivity index (χ1n) is 18.9. The number of carbonyl (C=O) groups excluding carboxylic acids is 2. The Labute approximate surface area is 332 Å². The molecule has 1 aliphatic heterocycles. The third-order valence-corrected chi connectivity index (χ3v) is 10.7. The smallest absolute Gasteiger partial charge is 0.269 e. The number of hydrogen-bond acceptors (Lipinski definition) is 9. The molecular weight excluding hydrogens is 745 g/mol. The molecule has 1 aliphatic rings. The molecule has 1 unspecified atom stereocenters. The fourth-order valence-electron chi connectivity index (χ4n) is 6.25. The number of methoxy groups -OCH3 is 1. The minimum Gasteiger partial charge on any atom is -0.494 e. The van der Waals surface area contributed by atoms with Gasteiger partial charge in [0.05, 0.1) is 17.8 Å². The number of thioether (sulfide) groups is 1. The Hall–Kier alpha value is -4.13. The maximum absolute atomic E-state index is 14.0. The molecule has 0 spiro atoms. The van der Waals surface area contributed by atoms with Crippen LogP contribution in [0.25, 0.3) is 5.69 Å². The Morgan fingerprint density at radius 1 is 0.870 bits per heavy atom. The third kappa shape index (κ3) is 11.9. The van der Waals surface area contributed by atoms with Crippen LogP contribution in [-0.2, 0) is 16.0 Å². The van der Waals surface area contributed by atoms with Crippen LogP contribution in [0.5, 0.6) is 11.5 Å². The van der Waals surface area contributed by atoms with Crippen molar-refractivity contribution in [1.82, 2.24) is 25.5 Å². The van der Waals surface area contributed by atoms with Crippen LogP contribution in [0, 0.1) is 0 Å². The number of nitrogens with zero attached hydrogens (tertiary/aromatic N) is 6. The number of rotatable bonds is 22. The van der Waals surface area contributed by atoms with Gasteiger partial charge in [-0.25, -0.2) is 0 Å². The average molecular weight is 795 g/mol. The van der Waals surface area contributed by atoms with Gasteiger partial charge in [0.1, 0.15) is 17.2 Å². The van der Waals surface area contributed by atoms with E-state index in [0.717, 1.165) is 29.6 Å². The zero-order valence-corrected chi connectivity index (χ0v) is 33.3. The molecule has 0 radical (unpaired) electrons. The quantitative estimate of drug-likeness (QED) is 0.0781. The van der Waals surface area contributed by atoms with Crippen molar-refractivity contribution in [3.63, 3.8) is 0 Å². The van der Waals surface area contributed by atoms with Crippen LogP contribution in [0.15, 0.2) is 77.0 Å². The number of anilines is 1. The molecule has 0 aliphatic carbocycles. The van der Waals surface area contributed by atoms with Gasteiger partial charge in [-0.1, -0.05) is 149 Å². The van der Waals surface area contributed by atoms with Crippen molar-refractivity contribution in [1.29, 1.82) is 0 Å². The van der Waals surface area contributed by atoms with Crippen molar-refractivity contribution in [2.24, 2.45) is 5.10 Å². The van der Waals surface area contributed by atoms with Crippen LogP contribution in [0.3, 0.4) is 0 Å². The number of aromatic nitrogens is 4. The van der Waals surface area contributed by atoms with E-state index in [1.165, 1.54) is 107 Å². The van der Waals surface area contributed by atoms with Crippen LogP contribution >= 0.6 is 35.0 Å². The number of benzene rings is 3. The Kier molecular flexibility index (Phi) is 16.5. The minimum absolute atomic E-state index is 0.0606. The van der Waals surface area contributed by atoms with Gasteiger partial charge in [0.2, 0.25) is 5.16 Å². The highest BCUT2D eigenvalue weighted by Crippen LogP contribution is 2.42. The van der Waals surface area contributed by atoms with E-state index in [2.05, 4.69) is 38.9 Å². The standard InChI is InChI=1S/C40H49Cl2N7O4S/c1-3-4-5-6-7-8-9-10-11-12-13-14-16-20-29-21-19-24-32(25-29)53-28-35(50)43-38-37(54-40-44-46-47-48(40)31-22-17-15-18-23-31)39(51)49(45-38)36-33(42)26-30(41)27-34(36)52-2/h15,17-19,21-27,37H,3-14,16,20,28H2,1-2H3,(H,43,45,50). The van der Waals surface area contributed by atoms with Crippen LogP contribution in [-0.4, -0.2) is 56.8 Å². The first-order valence-corrected chi connectivity index (χ1v) is 20.5. The van der Waals surface area contributed by atoms with E-state index in [9.17, 15) is 9.59 Å². The van der Waals surface area contributed by atoms with Gasteiger partial charge in [-0.05, 0) is 59.2 Å². The van der Waals surface area contributed by atoms with E-state index in [4.69, 9.17) is 32.7 Å². The molecule has 54 heavy (non-hydrogen) atoms. The largest absolute Gasteiger partial charge is 0.494 e. The van der Waals surface area contributed by atoms with E-state index in [0.29, 0.717) is 21.6 Å². The lowest BCUT2D eigenvalue weighted by molar-refractivity contribution is -0.121. The van der Waals surface area contributed by atoms with Gasteiger partial charge >= 0.3 is 0 Å². The molecule has 1 aromatic heterocycles. The number of ether oxygens (including phenoxy) is 2. The fourth-order valence-corrected chi connectivity index (χ4v) is 7.76. The summed E-state index contributed by atoms with van der Waals surface area (Å²) in [5.74, 6) is -0.105. The van der Waals surface area contributed by atoms with Gasteiger partial charge in [-0.15, -0.1) is 10.2 Å². The van der Waals surface area contributed by atoms with Crippen molar-refractivity contribution in [3.8, 4) is 17.2 Å². The molecule has 288 valence electrons. The molecule has 0 fully saturated rings. The lowest BCUT2D eigenvalue weighted by atomic mass is 10.0. The zero-order valence-electron chi connectivity index (χ0n) is 31.0. The summed E-state index contributed by atoms with van der Waals surface area (Å²) in [5.41, 5.74) is 2.04. The number of amidine groups is 1. The molecule has 0 bridgehead atoms. The van der Waals surface area contributed by atoms with Crippen molar-refractivity contribution in [3.05, 3.63) is 82.3 Å². The first-order chi connectivity index (χ1) is 26.4. The van der Waals surface area contributed by atoms with Crippen LogP contribution in [0.4, 0.5) is 5.69 Å². The normalized spacial score (nSPS) is 14.0. The van der Waals surface area contributed by atoms with E-state index in [-0.39, 0.29) is 28.9 Å². The second kappa shape index (κ2) is 21.7. The molecule has 5 rings (SSSR count). The zero-order chi connectivity index (χ0) is 38.1. The summed E-state index contributed by atoms with van der Waals surface area (Å²) >= 11 is 13.8. The van der Waals surface area contributed by atoms with E-state index >= 15 is 0 Å². The highest BCUT2D eigenvalue weighted by Gasteiger charge is 2.42. The van der Waals surface area contributed by atoms with Gasteiger partial charge in [0.25, 0.3) is 11.8 Å². The van der Waals surface area contributed by atoms with E-state index in [1.54, 1.807) is 0 Å². The number of aryl methyl sites for hydroxylation is 1. The lowest BCUT2D eigenvalue weighted by Gasteiger charge is -2.18. The molecule has 2 amide bonds. The number of nitrogens with one attached hydrogen (secondary N) is 1. The summed E-state index contributed by atoms with van der Waals surface area (Å²) < 4.78 is 12.9. The number of unbranched alkanes of at least 4 members (excludes halogenated alkanes) is 12. The number of tetrazole rings is 1. The van der Waals surface area contributed by atoms with Gasteiger partial charge in [0.15, 0.2) is 17.7 Å². The fraction of sp³-hybridized carbons (Fsp3) is 0.450. The molecule has 1 atom stereocenters. The maximum Gasteiger partial charge on any atom is 0.269 e. The molecule has 1 N–H and O–H groups in total. The molecule has 11 nitrogen and oxygen atoms in total. The predicted molar refractivity (Wildman–Crippen MR) is 216 cm³/mol. The Morgan fingerprint density at radius 3 is 2.24 bits per heavy atom. The highest BCUT2D eigenvalue weighted by atomic mass is 35.5. The third-order valence-electron chi connectivity index (χ3n) is 9.08. The monoisotopic (exact) mass is 793 g/mol. The van der Waals surface area contributed by atoms with E-state index < -0.39 is 17.1 Å². The van der Waals surface area contributed by atoms with Gasteiger partial charge in [-0.2, -0.15) is 9.69 Å². The number of hydrogen-bond donors (Lipinski definition) is 1. The lowest BCUT2D eigenvalue weighted by Crippen LogP contribution is -2.41. The maximum atomic E-state index is 14.0. The van der Waals surface area contributed by atoms with Crippen LogP contribution < -0.4 is 19.8 Å². The molecule has 14 heteroatoms. The van der Waals surface area contributed by atoms with Crippen molar-refractivity contribution in [2.45, 2.75) is 107 Å². The number of halogens is 2. The molecule has 3 aromatic carbocycles. The summed E-state index contributed by atoms with van der Waals surface area (Å²) in [6.07, 6.45) is 18.1. The summed E-state index contributed by atoms with van der Waals surface area (Å²) in [4.78, 5) is 27.3. The summed E-state index contributed by atoms with van der Waals surface area (Å²) in [7, 11) is 1.43. The average Bonchev–Trinajstić information content (AvgIpc) is 3.76. The van der Waals surface area contributed by atoms with E-state index in [1.807, 2.05) is 48.5 Å². The predicted octanol–water partition coefficient (Wildman–Crippen LogP) is 9.63. The summed E-state index contributed by atoms with van der Waals surface area (Å²) in [6, 6.07) is 20.1. The minimum atomic E-state index is -1.04. The molecule has 4 aromatic rings. The summed E-state index contributed by atoms with van der Waals surface area (Å²) in [5, 5.41) is 20.2. The number of carbonyl (C=O) groups is 2. The van der Waals surface area contributed by atoms with Gasteiger partial charge in [-0.3, -0.25) is 9.59 Å². The number of hydrazone groups is 1. The van der Waals surface area contributed by atoms with Gasteiger partial charge < -0.3 is 14.8 Å². The number of amides is 2. The molecule has 0 saturated carbocycles. The number of para-hydroxylation sites is 1. The van der Waals surface area contributed by atoms with Crippen molar-refractivity contribution in [2.75, 3.05) is 18.7 Å². The molecule has 2 heterocycles. The first kappa shape index (κ1) is 41.0. The van der Waals surface area contributed by atoms with Crippen LogP contribution in [0.1, 0.15) is 96.0 Å². The van der Waals surface area contributed by atoms with Crippen LogP contribution in [0.2, 0.25) is 10.0 Å². The van der Waals surface area contributed by atoms with Gasteiger partial charge in [0, 0.05) is 11.1 Å². The second-order valence-electron chi connectivity index (χ2n) is 13.3. The van der Waals surface area contributed by atoms with Crippen molar-refractivity contribution < 1.29 is 19.1 Å². The Bertz CT molecular complexity index is 1840. The Balaban J connectivity index is 1.15. The summed E-state index contributed by atoms with van der Waals surface area (Å²) in [6.45, 7) is 1.97. The molecule has 0 saturated heterocycles. The highest BCUT2D eigenvalue weighted by molar-refractivity contribution is 8.01. The topological polar surface area (TPSA) is 124 Å².